The maximum absolute atomic E-state index is 14.3. The van der Waals surface area contributed by atoms with Gasteiger partial charge < -0.3 is 4.57 Å². The van der Waals surface area contributed by atoms with Gasteiger partial charge in [-0.2, -0.15) is 17.5 Å². The van der Waals surface area contributed by atoms with E-state index in [1.165, 1.54) is 12.1 Å². The summed E-state index contributed by atoms with van der Waals surface area (Å²) < 4.78 is 96.8. The molecule has 1 aromatic carbocycles. The Morgan fingerprint density at radius 1 is 1.00 bits per heavy atom. The van der Waals surface area contributed by atoms with Crippen LogP contribution in [0, 0.1) is 12.8 Å². The van der Waals surface area contributed by atoms with E-state index in [0.717, 1.165) is 48.5 Å². The zero-order valence-corrected chi connectivity index (χ0v) is 23.5. The minimum atomic E-state index is -4.96. The molecule has 1 fully saturated rings. The molecule has 37 heavy (non-hydrogen) atoms. The van der Waals surface area contributed by atoms with Gasteiger partial charge in [0.1, 0.15) is 4.90 Å². The van der Waals surface area contributed by atoms with Crippen molar-refractivity contribution in [3.63, 3.8) is 0 Å². The average molecular weight is 564 g/mol. The van der Waals surface area contributed by atoms with Crippen LogP contribution in [0.25, 0.3) is 11.3 Å². The third kappa shape index (κ3) is 6.23. The van der Waals surface area contributed by atoms with Crippen molar-refractivity contribution in [1.82, 2.24) is 8.87 Å². The lowest BCUT2D eigenvalue weighted by molar-refractivity contribution is -0.139. The summed E-state index contributed by atoms with van der Waals surface area (Å²) >= 11 is 0. The van der Waals surface area contributed by atoms with E-state index in [9.17, 15) is 30.0 Å². The monoisotopic (exact) mass is 563 g/mol. The molecule has 1 saturated carbocycles. The summed E-state index contributed by atoms with van der Waals surface area (Å²) in [7, 11) is -8.62. The second-order valence-electron chi connectivity index (χ2n) is 10.7. The van der Waals surface area contributed by atoms with E-state index in [-0.39, 0.29) is 28.6 Å². The second-order valence-corrected chi connectivity index (χ2v) is 14.0. The molecule has 3 rings (SSSR count). The molecule has 0 atom stereocenters. The van der Waals surface area contributed by atoms with Crippen LogP contribution in [0.1, 0.15) is 71.1 Å². The summed E-state index contributed by atoms with van der Waals surface area (Å²) in [6.07, 6.45) is 0.0987. The molecule has 1 aliphatic rings. The molecular weight excluding hydrogens is 527 g/mol. The Morgan fingerprint density at radius 2 is 1.59 bits per heavy atom. The summed E-state index contributed by atoms with van der Waals surface area (Å²) in [6.45, 7) is 8.43. The van der Waals surface area contributed by atoms with E-state index in [4.69, 9.17) is 5.14 Å². The normalized spacial score (nSPS) is 16.5. The van der Waals surface area contributed by atoms with E-state index in [0.29, 0.717) is 12.2 Å². The third-order valence-electron chi connectivity index (χ3n) is 6.98. The Labute approximate surface area is 217 Å². The van der Waals surface area contributed by atoms with Crippen molar-refractivity contribution in [1.29, 1.82) is 0 Å². The van der Waals surface area contributed by atoms with Crippen LogP contribution in [0.3, 0.4) is 0 Å². The van der Waals surface area contributed by atoms with Crippen molar-refractivity contribution >= 4 is 20.0 Å². The molecule has 208 valence electrons. The smallest absolute Gasteiger partial charge is 0.343 e. The number of alkyl halides is 3. The number of primary sulfonamides is 1. The standard InChI is InChI=1S/C25H36F3N3O4S2/c1-6-31(24(3,4)5)37(34,35)22-13-12-19(14-20(22)25(26,27)28)21-15-23(36(29,32)33)17(2)30(21)16-18-10-8-7-9-11-18/h12-15,18H,6-11,16H2,1-5H3,(H2,29,32,33). The molecular formula is C25H36F3N3O4S2. The molecule has 7 nitrogen and oxygen atoms in total. The fourth-order valence-corrected chi connectivity index (χ4v) is 8.06. The predicted molar refractivity (Wildman–Crippen MR) is 137 cm³/mol. The molecule has 12 heteroatoms. The summed E-state index contributed by atoms with van der Waals surface area (Å²) in [5, 5.41) is 5.41. The number of hydrogen-bond acceptors (Lipinski definition) is 4. The largest absolute Gasteiger partial charge is 0.417 e. The Kier molecular flexibility index (Phi) is 8.30. The van der Waals surface area contributed by atoms with E-state index >= 15 is 0 Å². The highest BCUT2D eigenvalue weighted by Gasteiger charge is 2.42. The Morgan fingerprint density at radius 3 is 2.08 bits per heavy atom. The van der Waals surface area contributed by atoms with Crippen molar-refractivity contribution in [2.24, 2.45) is 11.1 Å². The predicted octanol–water partition coefficient (Wildman–Crippen LogP) is 5.52. The second kappa shape index (κ2) is 10.3. The number of benzene rings is 1. The van der Waals surface area contributed by atoms with Crippen molar-refractivity contribution in [3.8, 4) is 11.3 Å². The number of hydrogen-bond donors (Lipinski definition) is 1. The van der Waals surface area contributed by atoms with Crippen LogP contribution in [-0.4, -0.2) is 37.8 Å². The lowest BCUT2D eigenvalue weighted by Gasteiger charge is -2.34. The molecule has 0 aliphatic heterocycles. The number of nitrogens with zero attached hydrogens (tertiary/aromatic N) is 2. The van der Waals surface area contributed by atoms with Crippen LogP contribution in [0.5, 0.6) is 0 Å². The minimum Gasteiger partial charge on any atom is -0.343 e. The van der Waals surface area contributed by atoms with Gasteiger partial charge in [-0.25, -0.2) is 22.0 Å². The molecule has 2 N–H and O–H groups in total. The Hall–Kier alpha value is -1.89. The Balaban J connectivity index is 2.24. The first-order chi connectivity index (χ1) is 16.9. The highest BCUT2D eigenvalue weighted by molar-refractivity contribution is 7.89. The molecule has 0 spiro atoms. The highest BCUT2D eigenvalue weighted by atomic mass is 32.2. The minimum absolute atomic E-state index is 0.00790. The van der Waals surface area contributed by atoms with Gasteiger partial charge in [0, 0.05) is 30.0 Å². The van der Waals surface area contributed by atoms with Crippen LogP contribution in [-0.2, 0) is 32.8 Å². The first kappa shape index (κ1) is 29.7. The lowest BCUT2D eigenvalue weighted by Crippen LogP contribution is -2.45. The van der Waals surface area contributed by atoms with Crippen LogP contribution in [0.15, 0.2) is 34.1 Å². The van der Waals surface area contributed by atoms with Gasteiger partial charge >= 0.3 is 6.18 Å². The SMILES string of the molecule is CCN(C(C)(C)C)S(=O)(=O)c1ccc(-c2cc(S(N)(=O)=O)c(C)n2CC2CCCCC2)cc1C(F)(F)F. The average Bonchev–Trinajstić information content (AvgIpc) is 3.09. The van der Waals surface area contributed by atoms with Gasteiger partial charge in [0.25, 0.3) is 0 Å². The quantitative estimate of drug-likeness (QED) is 0.479. The van der Waals surface area contributed by atoms with E-state index in [1.807, 2.05) is 0 Å². The van der Waals surface area contributed by atoms with Crippen LogP contribution < -0.4 is 5.14 Å². The number of halogens is 3. The van der Waals surface area contributed by atoms with Crippen molar-refractivity contribution < 1.29 is 30.0 Å². The highest BCUT2D eigenvalue weighted by Crippen LogP contribution is 2.40. The molecule has 0 radical (unpaired) electrons. The first-order valence-corrected chi connectivity index (χ1v) is 15.3. The Bertz CT molecular complexity index is 1350. The van der Waals surface area contributed by atoms with E-state index in [1.54, 1.807) is 39.2 Å². The first-order valence-electron chi connectivity index (χ1n) is 12.4. The van der Waals surface area contributed by atoms with Gasteiger partial charge in [-0.05, 0) is 70.2 Å². The molecule has 1 heterocycles. The van der Waals surface area contributed by atoms with Gasteiger partial charge in [-0.1, -0.05) is 32.3 Å². The molecule has 0 unspecified atom stereocenters. The fourth-order valence-electron chi connectivity index (χ4n) is 5.27. The molecule has 0 bridgehead atoms. The number of aromatic nitrogens is 1. The summed E-state index contributed by atoms with van der Waals surface area (Å²) in [5.74, 6) is 0.249. The lowest BCUT2D eigenvalue weighted by atomic mass is 9.89. The van der Waals surface area contributed by atoms with Crippen molar-refractivity contribution in [2.75, 3.05) is 6.54 Å². The van der Waals surface area contributed by atoms with Gasteiger partial charge in [0.2, 0.25) is 20.0 Å². The zero-order chi connectivity index (χ0) is 28.0. The van der Waals surface area contributed by atoms with Crippen molar-refractivity contribution in [3.05, 3.63) is 35.5 Å². The number of rotatable bonds is 7. The van der Waals surface area contributed by atoms with Crippen molar-refractivity contribution in [2.45, 2.75) is 94.8 Å². The summed E-state index contributed by atoms with van der Waals surface area (Å²) in [4.78, 5) is -0.997. The van der Waals surface area contributed by atoms with E-state index < -0.39 is 42.2 Å². The third-order valence-corrected chi connectivity index (χ3v) is 10.3. The topological polar surface area (TPSA) is 102 Å². The van der Waals surface area contributed by atoms with Gasteiger partial charge in [-0.3, -0.25) is 0 Å². The van der Waals surface area contributed by atoms with Gasteiger partial charge in [0.05, 0.1) is 10.5 Å². The molecule has 0 saturated heterocycles. The van der Waals surface area contributed by atoms with Crippen LogP contribution >= 0.6 is 0 Å². The zero-order valence-electron chi connectivity index (χ0n) is 21.9. The number of sulfonamides is 2. The maximum atomic E-state index is 14.3. The fraction of sp³-hybridized carbons (Fsp3) is 0.600. The molecule has 1 aliphatic carbocycles. The summed E-state index contributed by atoms with van der Waals surface area (Å²) in [5.41, 5.74) is -1.57. The molecule has 1 aromatic heterocycles. The number of nitrogens with two attached hydrogens (primary N) is 1. The van der Waals surface area contributed by atoms with Gasteiger partial charge in [0.15, 0.2) is 0 Å². The van der Waals surface area contributed by atoms with Crippen LogP contribution in [0.2, 0.25) is 0 Å². The van der Waals surface area contributed by atoms with Crippen LogP contribution in [0.4, 0.5) is 13.2 Å². The molecule has 0 amide bonds. The molecule has 2 aromatic rings. The summed E-state index contributed by atoms with van der Waals surface area (Å²) in [6, 6.07) is 4.34. The maximum Gasteiger partial charge on any atom is 0.417 e. The van der Waals surface area contributed by atoms with Gasteiger partial charge in [-0.15, -0.1) is 0 Å². The van der Waals surface area contributed by atoms with E-state index in [2.05, 4.69) is 0 Å².